The van der Waals surface area contributed by atoms with Gasteiger partial charge in [0.2, 0.25) is 39.7 Å². The Morgan fingerprint density at radius 1 is 0.296 bits per heavy atom. The molecule has 0 radical (unpaired) electrons. The van der Waals surface area contributed by atoms with Crippen molar-refractivity contribution in [3.63, 3.8) is 0 Å². The van der Waals surface area contributed by atoms with Crippen LogP contribution in [0.25, 0.3) is 0 Å². The molecule has 71 heavy (non-hydrogen) atoms. The minimum absolute atomic E-state index is 0.334. The molecule has 0 aromatic heterocycles. The van der Waals surface area contributed by atoms with Gasteiger partial charge in [-0.25, -0.2) is 77.1 Å². The van der Waals surface area contributed by atoms with Crippen LogP contribution in [-0.2, 0) is 57.2 Å². The molecular formula is C40H31F19O12. The van der Waals surface area contributed by atoms with Crippen molar-refractivity contribution in [2.24, 2.45) is 5.92 Å². The number of halogens is 19. The van der Waals surface area contributed by atoms with Gasteiger partial charge in [-0.3, -0.25) is 0 Å². The molecule has 0 spiro atoms. The highest BCUT2D eigenvalue weighted by Crippen LogP contribution is 2.89. The number of hydrogen-bond donors (Lipinski definition) is 0. The summed E-state index contributed by atoms with van der Waals surface area (Å²) >= 11 is 0. The van der Waals surface area contributed by atoms with E-state index < -0.39 is 180 Å². The number of carbonyl (C=O) groups is 6. The van der Waals surface area contributed by atoms with E-state index in [1.165, 1.54) is 0 Å². The predicted molar refractivity (Wildman–Crippen MR) is 192 cm³/mol. The van der Waals surface area contributed by atoms with Crippen LogP contribution in [-0.4, -0.2) is 162 Å². The third-order valence-electron chi connectivity index (χ3n) is 12.9. The maximum absolute atomic E-state index is 19.3. The first-order chi connectivity index (χ1) is 32.1. The Bertz CT molecular complexity index is 2240. The molecular weight excluding hydrogens is 1030 g/mol. The van der Waals surface area contributed by atoms with Gasteiger partial charge in [-0.1, -0.05) is 39.5 Å². The van der Waals surface area contributed by atoms with Gasteiger partial charge in [0.15, 0.2) is 0 Å². The molecule has 4 aliphatic carbocycles. The van der Waals surface area contributed by atoms with Crippen LogP contribution < -0.4 is 0 Å². The molecule has 0 aliphatic heterocycles. The van der Waals surface area contributed by atoms with E-state index in [0.29, 0.717) is 0 Å². The van der Waals surface area contributed by atoms with Crippen molar-refractivity contribution in [3.8, 4) is 0 Å². The molecule has 4 saturated carbocycles. The number of ether oxygens (including phenoxy) is 6. The van der Waals surface area contributed by atoms with Gasteiger partial charge < -0.3 is 28.4 Å². The van der Waals surface area contributed by atoms with E-state index in [1.807, 2.05) is 0 Å². The highest BCUT2D eigenvalue weighted by molar-refractivity contribution is 5.83. The summed E-state index contributed by atoms with van der Waals surface area (Å²) in [6.07, 6.45) is -2.25. The van der Waals surface area contributed by atoms with Crippen LogP contribution in [0.15, 0.2) is 75.9 Å². The molecule has 0 bridgehead atoms. The van der Waals surface area contributed by atoms with Crippen molar-refractivity contribution in [2.75, 3.05) is 39.6 Å². The Morgan fingerprint density at radius 2 is 0.479 bits per heavy atom. The van der Waals surface area contributed by atoms with Crippen LogP contribution >= 0.6 is 0 Å². The molecule has 0 aromatic rings. The number of rotatable bonds is 18. The molecule has 12 nitrogen and oxygen atoms in total. The van der Waals surface area contributed by atoms with Crippen LogP contribution in [0.2, 0.25) is 0 Å². The predicted octanol–water partition coefficient (Wildman–Crippen LogP) is 6.36. The zero-order valence-electron chi connectivity index (χ0n) is 35.1. The van der Waals surface area contributed by atoms with E-state index >= 15 is 83.4 Å². The van der Waals surface area contributed by atoms with Crippen LogP contribution in [0.5, 0.6) is 0 Å². The zero-order valence-corrected chi connectivity index (χ0v) is 35.1. The summed E-state index contributed by atoms with van der Waals surface area (Å²) in [5.74, 6) is -56.6. The number of alkyl halides is 19. The van der Waals surface area contributed by atoms with Crippen LogP contribution in [0.4, 0.5) is 83.4 Å². The number of carbonyl (C=O) groups excluding carboxylic acids is 6. The summed E-state index contributed by atoms with van der Waals surface area (Å²) in [6.45, 7) is -9.05. The normalized spacial score (nSPS) is 41.7. The van der Waals surface area contributed by atoms with Gasteiger partial charge in [-0.05, 0) is 0 Å². The van der Waals surface area contributed by atoms with Crippen LogP contribution in [0, 0.1) is 5.92 Å². The molecule has 0 amide bonds. The molecule has 0 N–H and O–H groups in total. The molecule has 0 heterocycles. The lowest BCUT2D eigenvalue weighted by Gasteiger charge is -2.79. The lowest BCUT2D eigenvalue weighted by molar-refractivity contribution is -0.554. The average molecular weight is 1060 g/mol. The van der Waals surface area contributed by atoms with E-state index in [1.54, 1.807) is 0 Å². The number of hydrogen-bond acceptors (Lipinski definition) is 12. The monoisotopic (exact) mass is 1060 g/mol. The summed E-state index contributed by atoms with van der Waals surface area (Å²) in [6, 6.07) is 0. The standard InChI is InChI=1S/C40H31F19O12/c1-7-19(60)66-13-26(41)28(43,15-68-21(62)9-3)35(50)34(49)25-32(26,47)37(52,53)30(45,17-70-23(64)11-5)38(54,55)33(25,48)27(42,14-67-20(61)8-2)29(44,16-69-22(63)10-4)36(34,51)40(58,59)31(46,39(35,56)57)18-71-24(65)12-6/h7-12,25H,1-6,13-18H2. The molecule has 8 unspecified atom stereocenters. The largest absolute Gasteiger partial charge is 0.459 e. The second-order valence-corrected chi connectivity index (χ2v) is 15.9. The third kappa shape index (κ3) is 5.90. The Labute approximate surface area is 384 Å². The fraction of sp³-hybridized carbons (Fsp3) is 0.550. The van der Waals surface area contributed by atoms with E-state index in [-0.39, 0.29) is 24.3 Å². The van der Waals surface area contributed by atoms with Crippen molar-refractivity contribution < 1.29 is 141 Å². The Kier molecular flexibility index (Phi) is 13.6. The maximum atomic E-state index is 19.3. The summed E-state index contributed by atoms with van der Waals surface area (Å²) < 4.78 is 367. The topological polar surface area (TPSA) is 158 Å². The molecule has 396 valence electrons. The van der Waals surface area contributed by atoms with Crippen molar-refractivity contribution in [2.45, 2.75) is 86.0 Å². The van der Waals surface area contributed by atoms with E-state index in [9.17, 15) is 28.8 Å². The minimum Gasteiger partial charge on any atom is -0.459 e. The van der Waals surface area contributed by atoms with Gasteiger partial charge in [0.1, 0.15) is 39.6 Å². The minimum atomic E-state index is -8.73. The average Bonchev–Trinajstić information content (AvgIpc) is 3.32. The highest BCUT2D eigenvalue weighted by atomic mass is 19.3. The van der Waals surface area contributed by atoms with Crippen LogP contribution in [0.1, 0.15) is 0 Å². The van der Waals surface area contributed by atoms with Crippen molar-refractivity contribution in [3.05, 3.63) is 75.9 Å². The summed E-state index contributed by atoms with van der Waals surface area (Å²) in [7, 11) is 0. The zero-order chi connectivity index (χ0) is 55.3. The first-order valence-electron chi connectivity index (χ1n) is 18.9. The molecule has 4 aliphatic rings. The summed E-state index contributed by atoms with van der Waals surface area (Å²) in [4.78, 5) is 73.1. The van der Waals surface area contributed by atoms with Gasteiger partial charge in [-0.2, -0.15) is 35.1 Å². The molecule has 0 aromatic carbocycles. The lowest BCUT2D eigenvalue weighted by Crippen LogP contribution is -3.10. The molecule has 4 rings (SSSR count). The first kappa shape index (κ1) is 57.5. The first-order valence-corrected chi connectivity index (χ1v) is 18.9. The summed E-state index contributed by atoms with van der Waals surface area (Å²) in [5.41, 5.74) is -88.5. The van der Waals surface area contributed by atoms with Gasteiger partial charge in [0.05, 0.1) is 5.92 Å². The lowest BCUT2D eigenvalue weighted by atomic mass is 9.29. The van der Waals surface area contributed by atoms with Gasteiger partial charge in [0, 0.05) is 36.5 Å². The van der Waals surface area contributed by atoms with E-state index in [4.69, 9.17) is 0 Å². The van der Waals surface area contributed by atoms with Crippen molar-refractivity contribution >= 4 is 35.8 Å². The Morgan fingerprint density at radius 3 is 0.690 bits per heavy atom. The summed E-state index contributed by atoms with van der Waals surface area (Å²) in [5, 5.41) is 0. The smallest absolute Gasteiger partial charge is 0.331 e. The highest BCUT2D eigenvalue weighted by Gasteiger charge is 3.19. The Hall–Kier alpha value is -6.07. The molecule has 8 atom stereocenters. The SMILES string of the molecule is C=CC(=O)OCC1(F)C(F)(F)C2(F)C3C(F)(C1(F)F)C(F)(COC(=O)C=C)C(F)(COC(=O)C=C)C1(F)C(F)(F)C(F)(COC(=O)C=C)C(F)(F)C(F)(C(F)(COC(=O)C=C)C2(F)COC(=O)C=C)C31F. The third-order valence-corrected chi connectivity index (χ3v) is 12.9. The molecule has 0 saturated heterocycles. The van der Waals surface area contributed by atoms with Gasteiger partial charge in [0.25, 0.3) is 22.7 Å². The van der Waals surface area contributed by atoms with Gasteiger partial charge >= 0.3 is 59.5 Å². The fourth-order valence-electron chi connectivity index (χ4n) is 9.55. The van der Waals surface area contributed by atoms with E-state index in [0.717, 1.165) is 0 Å². The molecule has 31 heteroatoms. The van der Waals surface area contributed by atoms with E-state index in [2.05, 4.69) is 67.9 Å². The second kappa shape index (κ2) is 16.8. The van der Waals surface area contributed by atoms with Crippen molar-refractivity contribution in [1.29, 1.82) is 0 Å². The van der Waals surface area contributed by atoms with Gasteiger partial charge in [-0.15, -0.1) is 0 Å². The second-order valence-electron chi connectivity index (χ2n) is 15.9. The maximum Gasteiger partial charge on any atom is 0.331 e. The quantitative estimate of drug-likeness (QED) is 0.0649. The van der Waals surface area contributed by atoms with Crippen LogP contribution in [0.3, 0.4) is 0 Å². The Balaban J connectivity index is 2.67. The fourth-order valence-corrected chi connectivity index (χ4v) is 9.55. The van der Waals surface area contributed by atoms with Crippen molar-refractivity contribution in [1.82, 2.24) is 0 Å². The molecule has 4 fully saturated rings. The number of esters is 6.